The van der Waals surface area contributed by atoms with Gasteiger partial charge in [0, 0.05) is 11.6 Å². The number of benzene rings is 1. The van der Waals surface area contributed by atoms with Crippen molar-refractivity contribution in [3.05, 3.63) is 18.2 Å². The summed E-state index contributed by atoms with van der Waals surface area (Å²) in [6, 6.07) is 5.16. The lowest BCUT2D eigenvalue weighted by Gasteiger charge is -2.21. The average molecular weight is 334 g/mol. The second kappa shape index (κ2) is 6.69. The van der Waals surface area contributed by atoms with Crippen LogP contribution in [0.25, 0.3) is 11.3 Å². The van der Waals surface area contributed by atoms with Crippen LogP contribution in [0.15, 0.2) is 18.2 Å². The van der Waals surface area contributed by atoms with Gasteiger partial charge in [-0.2, -0.15) is 5.10 Å². The number of rotatable bonds is 4. The molecule has 0 aliphatic carbocycles. The van der Waals surface area contributed by atoms with E-state index in [9.17, 15) is 4.79 Å². The second-order valence-corrected chi connectivity index (χ2v) is 6.09. The molecule has 8 heteroatoms. The lowest BCUT2D eigenvalue weighted by atomic mass is 10.1. The van der Waals surface area contributed by atoms with Crippen LogP contribution < -0.4 is 20.5 Å². The molecule has 2 aromatic rings. The molecule has 0 unspecified atom stereocenters. The molecule has 1 amide bonds. The number of nitrogens with one attached hydrogen (secondary N) is 2. The van der Waals surface area contributed by atoms with Gasteiger partial charge in [0.15, 0.2) is 11.5 Å². The Bertz CT molecular complexity index is 734. The van der Waals surface area contributed by atoms with Crippen LogP contribution in [0.1, 0.15) is 20.8 Å². The number of aromatic nitrogens is 2. The number of carbonyl (C=O) groups is 1. The van der Waals surface area contributed by atoms with E-state index in [-0.39, 0.29) is 0 Å². The van der Waals surface area contributed by atoms with Crippen LogP contribution in [0.5, 0.6) is 11.5 Å². The SMILES string of the molecule is COc1cc(-c2cc(N)n[nH]2)cc(NC(=O)OC(C)(C)C)c1OC. The van der Waals surface area contributed by atoms with Crippen LogP contribution in [-0.4, -0.2) is 36.1 Å². The summed E-state index contributed by atoms with van der Waals surface area (Å²) in [5.41, 5.74) is 6.85. The first-order valence-electron chi connectivity index (χ1n) is 7.31. The molecule has 0 saturated heterocycles. The Morgan fingerprint density at radius 2 is 1.92 bits per heavy atom. The van der Waals surface area contributed by atoms with Crippen molar-refractivity contribution in [2.45, 2.75) is 26.4 Å². The summed E-state index contributed by atoms with van der Waals surface area (Å²) in [5, 5.41) is 9.39. The number of nitrogen functional groups attached to an aromatic ring is 1. The molecule has 1 heterocycles. The minimum absolute atomic E-state index is 0.362. The largest absolute Gasteiger partial charge is 0.493 e. The first-order chi connectivity index (χ1) is 11.2. The molecule has 0 radical (unpaired) electrons. The fourth-order valence-electron chi connectivity index (χ4n) is 2.11. The predicted octanol–water partition coefficient (Wildman–Crippen LogP) is 3.02. The lowest BCUT2D eigenvalue weighted by molar-refractivity contribution is 0.0635. The predicted molar refractivity (Wildman–Crippen MR) is 91.4 cm³/mol. The van der Waals surface area contributed by atoms with Gasteiger partial charge in [-0.1, -0.05) is 0 Å². The highest BCUT2D eigenvalue weighted by Crippen LogP contribution is 2.39. The van der Waals surface area contributed by atoms with Crippen LogP contribution in [0, 0.1) is 0 Å². The standard InChI is InChI=1S/C16H22N4O4/c1-16(2,3)24-15(21)18-11-6-9(10-8-13(17)20-19-10)7-12(22-4)14(11)23-5/h6-8H,1-5H3,(H,18,21)(H3,17,19,20). The molecule has 0 saturated carbocycles. The summed E-state index contributed by atoms with van der Waals surface area (Å²) in [7, 11) is 3.01. The summed E-state index contributed by atoms with van der Waals surface area (Å²) in [5.74, 6) is 1.20. The lowest BCUT2D eigenvalue weighted by Crippen LogP contribution is -2.27. The number of anilines is 2. The molecular formula is C16H22N4O4. The topological polar surface area (TPSA) is 111 Å². The highest BCUT2D eigenvalue weighted by molar-refractivity contribution is 5.90. The Balaban J connectivity index is 2.42. The zero-order valence-corrected chi connectivity index (χ0v) is 14.4. The minimum atomic E-state index is -0.614. The van der Waals surface area contributed by atoms with Gasteiger partial charge >= 0.3 is 6.09 Å². The normalized spacial score (nSPS) is 11.0. The van der Waals surface area contributed by atoms with E-state index in [1.807, 2.05) is 0 Å². The first kappa shape index (κ1) is 17.5. The van der Waals surface area contributed by atoms with Crippen LogP contribution in [-0.2, 0) is 4.74 Å². The van der Waals surface area contributed by atoms with E-state index in [1.54, 1.807) is 39.0 Å². The van der Waals surface area contributed by atoms with Crippen molar-refractivity contribution in [1.29, 1.82) is 0 Å². The third-order valence-corrected chi connectivity index (χ3v) is 3.02. The number of carbonyl (C=O) groups excluding carboxylic acids is 1. The molecule has 1 aromatic heterocycles. The van der Waals surface area contributed by atoms with E-state index in [0.717, 1.165) is 5.56 Å². The fourth-order valence-corrected chi connectivity index (χ4v) is 2.11. The van der Waals surface area contributed by atoms with Gasteiger partial charge in [0.25, 0.3) is 0 Å². The number of H-pyrrole nitrogens is 1. The summed E-state index contributed by atoms with van der Waals surface area (Å²) in [6.07, 6.45) is -0.593. The Morgan fingerprint density at radius 1 is 1.21 bits per heavy atom. The maximum absolute atomic E-state index is 12.1. The molecule has 130 valence electrons. The minimum Gasteiger partial charge on any atom is -0.493 e. The number of hydrogen-bond donors (Lipinski definition) is 3. The maximum atomic E-state index is 12.1. The van der Waals surface area contributed by atoms with Gasteiger partial charge in [0.2, 0.25) is 0 Å². The molecule has 0 aliphatic heterocycles. The maximum Gasteiger partial charge on any atom is 0.412 e. The Morgan fingerprint density at radius 3 is 2.42 bits per heavy atom. The highest BCUT2D eigenvalue weighted by Gasteiger charge is 2.20. The number of amides is 1. The van der Waals surface area contributed by atoms with E-state index in [1.165, 1.54) is 14.2 Å². The third-order valence-electron chi connectivity index (χ3n) is 3.02. The number of hydrogen-bond acceptors (Lipinski definition) is 6. The Hall–Kier alpha value is -2.90. The van der Waals surface area contributed by atoms with E-state index in [2.05, 4.69) is 15.5 Å². The molecule has 0 fully saturated rings. The fraction of sp³-hybridized carbons (Fsp3) is 0.375. The van der Waals surface area contributed by atoms with E-state index < -0.39 is 11.7 Å². The van der Waals surface area contributed by atoms with Crippen molar-refractivity contribution in [3.63, 3.8) is 0 Å². The molecule has 4 N–H and O–H groups in total. The van der Waals surface area contributed by atoms with Gasteiger partial charge in [0.05, 0.1) is 25.6 Å². The molecule has 0 bridgehead atoms. The van der Waals surface area contributed by atoms with Gasteiger partial charge < -0.3 is 19.9 Å². The molecule has 0 aliphatic rings. The van der Waals surface area contributed by atoms with Crippen LogP contribution in [0.4, 0.5) is 16.3 Å². The van der Waals surface area contributed by atoms with Crippen molar-refractivity contribution in [2.75, 3.05) is 25.3 Å². The quantitative estimate of drug-likeness (QED) is 0.792. The molecule has 1 aromatic carbocycles. The summed E-state index contributed by atoms with van der Waals surface area (Å²) in [4.78, 5) is 12.1. The van der Waals surface area contributed by atoms with Gasteiger partial charge in [-0.3, -0.25) is 10.4 Å². The average Bonchev–Trinajstić information content (AvgIpc) is 2.90. The third kappa shape index (κ3) is 4.09. The van der Waals surface area contributed by atoms with Crippen LogP contribution >= 0.6 is 0 Å². The second-order valence-electron chi connectivity index (χ2n) is 6.09. The Labute approximate surface area is 140 Å². The van der Waals surface area contributed by atoms with Crippen molar-refractivity contribution in [1.82, 2.24) is 10.2 Å². The molecule has 0 atom stereocenters. The molecule has 24 heavy (non-hydrogen) atoms. The van der Waals surface area contributed by atoms with Crippen LogP contribution in [0.2, 0.25) is 0 Å². The van der Waals surface area contributed by atoms with E-state index >= 15 is 0 Å². The molecule has 8 nitrogen and oxygen atoms in total. The smallest absolute Gasteiger partial charge is 0.412 e. The zero-order chi connectivity index (χ0) is 17.9. The number of nitrogens with zero attached hydrogens (tertiary/aromatic N) is 1. The van der Waals surface area contributed by atoms with Gasteiger partial charge in [-0.15, -0.1) is 0 Å². The number of aromatic amines is 1. The summed E-state index contributed by atoms with van der Waals surface area (Å²) < 4.78 is 16.0. The molecule has 2 rings (SSSR count). The summed E-state index contributed by atoms with van der Waals surface area (Å²) >= 11 is 0. The monoisotopic (exact) mass is 334 g/mol. The van der Waals surface area contributed by atoms with Crippen molar-refractivity contribution >= 4 is 17.6 Å². The van der Waals surface area contributed by atoms with Crippen LogP contribution in [0.3, 0.4) is 0 Å². The molecule has 0 spiro atoms. The van der Waals surface area contributed by atoms with Gasteiger partial charge in [-0.25, -0.2) is 4.79 Å². The number of methoxy groups -OCH3 is 2. The number of ether oxygens (including phenoxy) is 3. The van der Waals surface area contributed by atoms with Gasteiger partial charge in [0.1, 0.15) is 11.4 Å². The Kier molecular flexibility index (Phi) is 4.87. The van der Waals surface area contributed by atoms with Crippen molar-refractivity contribution in [2.24, 2.45) is 0 Å². The van der Waals surface area contributed by atoms with Crippen molar-refractivity contribution < 1.29 is 19.0 Å². The highest BCUT2D eigenvalue weighted by atomic mass is 16.6. The summed E-state index contributed by atoms with van der Waals surface area (Å²) in [6.45, 7) is 5.36. The zero-order valence-electron chi connectivity index (χ0n) is 14.4. The first-order valence-corrected chi connectivity index (χ1v) is 7.31. The molecular weight excluding hydrogens is 312 g/mol. The van der Waals surface area contributed by atoms with Crippen molar-refractivity contribution in [3.8, 4) is 22.8 Å². The van der Waals surface area contributed by atoms with E-state index in [0.29, 0.717) is 28.7 Å². The number of nitrogens with two attached hydrogens (primary N) is 1. The van der Waals surface area contributed by atoms with Gasteiger partial charge in [-0.05, 0) is 32.9 Å². The van der Waals surface area contributed by atoms with E-state index in [4.69, 9.17) is 19.9 Å².